The summed E-state index contributed by atoms with van der Waals surface area (Å²) in [4.78, 5) is 12.1. The fourth-order valence-electron chi connectivity index (χ4n) is 4.56. The van der Waals surface area contributed by atoms with Gasteiger partial charge in [0.05, 0.1) is 19.8 Å². The van der Waals surface area contributed by atoms with Crippen LogP contribution in [0.4, 0.5) is 0 Å². The molecule has 2 aliphatic rings. The first kappa shape index (κ1) is 32.2. The maximum Gasteiger partial charge on any atom is 0.217 e. The number of amides is 1. The van der Waals surface area contributed by atoms with E-state index in [-0.39, 0.29) is 19.1 Å². The normalized spacial score (nSPS) is 36.4. The Morgan fingerprint density at radius 3 is 2.11 bits per heavy atom. The molecule has 0 aromatic rings. The molecule has 2 aliphatic heterocycles. The summed E-state index contributed by atoms with van der Waals surface area (Å²) in [5, 5.41) is 53.1. The molecule has 0 aromatic carbocycles. The highest BCUT2D eigenvalue weighted by Crippen LogP contribution is 2.31. The number of aliphatic hydroxyl groups excluding tert-OH is 5. The summed E-state index contributed by atoms with van der Waals surface area (Å²) in [7, 11) is 0. The van der Waals surface area contributed by atoms with Crippen LogP contribution in [-0.4, -0.2) is 126 Å². The van der Waals surface area contributed by atoms with Crippen LogP contribution >= 0.6 is 0 Å². The number of ether oxygens (including phenoxy) is 5. The zero-order valence-corrected chi connectivity index (χ0v) is 21.8. The predicted octanol–water partition coefficient (Wildman–Crippen LogP) is -1.89. The molecule has 2 fully saturated rings. The van der Waals surface area contributed by atoms with E-state index in [0.717, 1.165) is 32.1 Å². The van der Waals surface area contributed by atoms with Crippen molar-refractivity contribution in [2.24, 2.45) is 5.73 Å². The van der Waals surface area contributed by atoms with Crippen LogP contribution in [0.3, 0.4) is 0 Å². The molecule has 0 saturated carbocycles. The van der Waals surface area contributed by atoms with E-state index >= 15 is 0 Å². The van der Waals surface area contributed by atoms with Crippen molar-refractivity contribution in [3.63, 3.8) is 0 Å². The molecule has 0 aliphatic carbocycles. The molecule has 2 saturated heterocycles. The van der Waals surface area contributed by atoms with Crippen molar-refractivity contribution in [1.29, 1.82) is 0 Å². The molecule has 218 valence electrons. The van der Waals surface area contributed by atoms with Gasteiger partial charge < -0.3 is 60.3 Å². The second-order valence-corrected chi connectivity index (χ2v) is 9.51. The average Bonchev–Trinajstić information content (AvgIpc) is 2.88. The third-order valence-corrected chi connectivity index (χ3v) is 6.54. The highest BCUT2D eigenvalue weighted by Gasteiger charge is 2.52. The maximum absolute atomic E-state index is 12.1. The van der Waals surface area contributed by atoms with Gasteiger partial charge in [0.25, 0.3) is 0 Å². The van der Waals surface area contributed by atoms with Gasteiger partial charge in [-0.05, 0) is 6.42 Å². The first-order valence-electron chi connectivity index (χ1n) is 13.2. The molecule has 2 heterocycles. The van der Waals surface area contributed by atoms with Crippen molar-refractivity contribution in [3.05, 3.63) is 0 Å². The number of unbranched alkanes of at least 4 members (excludes halogenated alkanes) is 5. The summed E-state index contributed by atoms with van der Waals surface area (Å²) >= 11 is 0. The lowest BCUT2D eigenvalue weighted by Gasteiger charge is -2.48. The molecule has 10 atom stereocenters. The molecule has 13 heteroatoms. The Hall–Kier alpha value is -0.970. The van der Waals surface area contributed by atoms with Crippen LogP contribution in [0.5, 0.6) is 0 Å². The fourth-order valence-corrected chi connectivity index (χ4v) is 4.56. The molecule has 0 aromatic heterocycles. The number of nitrogens with two attached hydrogens (primary N) is 1. The Bertz CT molecular complexity index is 644. The highest BCUT2D eigenvalue weighted by molar-refractivity contribution is 5.73. The monoisotopic (exact) mass is 538 g/mol. The van der Waals surface area contributed by atoms with Gasteiger partial charge in [-0.2, -0.15) is 0 Å². The number of hydrogen-bond acceptors (Lipinski definition) is 12. The third-order valence-electron chi connectivity index (χ3n) is 6.54. The van der Waals surface area contributed by atoms with E-state index in [1.54, 1.807) is 0 Å². The standard InChI is InChI=1S/C24H46N2O11/c1-3-4-5-6-7-8-10-34-23-17(26-14(2)29)22(33-11-9-25)21(16(13-28)36-23)37-24-20(32)19(31)18(30)15(12-27)35-24/h15-24,27-28,30-32H,3-13,25H2,1-2H3,(H,26,29)/t15-,16-,17-,18+,19+,20-,21-,22-,23-,24+/m1/s1. The Morgan fingerprint density at radius 1 is 0.838 bits per heavy atom. The second kappa shape index (κ2) is 16.9. The summed E-state index contributed by atoms with van der Waals surface area (Å²) in [6.07, 6.45) is -5.25. The summed E-state index contributed by atoms with van der Waals surface area (Å²) < 4.78 is 29.3. The van der Waals surface area contributed by atoms with E-state index in [1.165, 1.54) is 13.3 Å². The average molecular weight is 539 g/mol. The summed E-state index contributed by atoms with van der Waals surface area (Å²) in [6, 6.07) is -0.859. The van der Waals surface area contributed by atoms with Gasteiger partial charge in [-0.1, -0.05) is 39.0 Å². The minimum Gasteiger partial charge on any atom is -0.394 e. The predicted molar refractivity (Wildman–Crippen MR) is 130 cm³/mol. The largest absolute Gasteiger partial charge is 0.394 e. The van der Waals surface area contributed by atoms with Crippen LogP contribution in [0.25, 0.3) is 0 Å². The van der Waals surface area contributed by atoms with Crippen LogP contribution in [-0.2, 0) is 28.5 Å². The van der Waals surface area contributed by atoms with Gasteiger partial charge in [0, 0.05) is 20.1 Å². The molecule has 0 unspecified atom stereocenters. The van der Waals surface area contributed by atoms with E-state index in [0.29, 0.717) is 6.61 Å². The topological polar surface area (TPSA) is 202 Å². The van der Waals surface area contributed by atoms with Gasteiger partial charge in [-0.25, -0.2) is 0 Å². The van der Waals surface area contributed by atoms with Crippen molar-refractivity contribution in [1.82, 2.24) is 5.32 Å². The molecule has 0 radical (unpaired) electrons. The fraction of sp³-hybridized carbons (Fsp3) is 0.958. The number of carbonyl (C=O) groups is 1. The molecular formula is C24H46N2O11. The van der Waals surface area contributed by atoms with Crippen molar-refractivity contribution < 1.29 is 54.0 Å². The number of rotatable bonds is 16. The maximum atomic E-state index is 12.1. The van der Waals surface area contributed by atoms with Gasteiger partial charge in [0.15, 0.2) is 12.6 Å². The number of hydrogen-bond donors (Lipinski definition) is 7. The molecule has 8 N–H and O–H groups in total. The molecule has 37 heavy (non-hydrogen) atoms. The van der Waals surface area contributed by atoms with Gasteiger partial charge in [-0.3, -0.25) is 4.79 Å². The summed E-state index contributed by atoms with van der Waals surface area (Å²) in [5.41, 5.74) is 5.65. The van der Waals surface area contributed by atoms with Gasteiger partial charge >= 0.3 is 0 Å². The van der Waals surface area contributed by atoms with E-state index in [1.807, 2.05) is 0 Å². The third kappa shape index (κ3) is 9.32. The second-order valence-electron chi connectivity index (χ2n) is 9.51. The lowest BCUT2D eigenvalue weighted by molar-refractivity contribution is -0.351. The minimum atomic E-state index is -1.67. The number of nitrogens with one attached hydrogen (secondary N) is 1. The Morgan fingerprint density at radius 2 is 1.49 bits per heavy atom. The Labute approximate surface area is 218 Å². The quantitative estimate of drug-likeness (QED) is 0.108. The van der Waals surface area contributed by atoms with E-state index < -0.39 is 74.6 Å². The van der Waals surface area contributed by atoms with Crippen molar-refractivity contribution in [2.75, 3.05) is 33.0 Å². The van der Waals surface area contributed by atoms with Gasteiger partial charge in [0.1, 0.15) is 48.8 Å². The Kier molecular flexibility index (Phi) is 14.7. The van der Waals surface area contributed by atoms with Crippen LogP contribution in [0.15, 0.2) is 0 Å². The first-order chi connectivity index (χ1) is 17.8. The van der Waals surface area contributed by atoms with Crippen LogP contribution in [0.1, 0.15) is 52.4 Å². The number of aliphatic hydroxyl groups is 5. The lowest BCUT2D eigenvalue weighted by Crippen LogP contribution is -2.68. The van der Waals surface area contributed by atoms with Crippen LogP contribution < -0.4 is 11.1 Å². The Balaban J connectivity index is 2.19. The van der Waals surface area contributed by atoms with Gasteiger partial charge in [0.2, 0.25) is 5.91 Å². The molecule has 1 amide bonds. The molecule has 13 nitrogen and oxygen atoms in total. The van der Waals surface area contributed by atoms with Gasteiger partial charge in [-0.15, -0.1) is 0 Å². The SMILES string of the molecule is CCCCCCCCO[C@@H]1O[C@H](CO)[C@@H](O[C@@H]2O[C@H](CO)[C@H](O)[C@H](O)[C@H]2O)[C@H](OCCN)[C@H]1NC(C)=O. The van der Waals surface area contributed by atoms with E-state index in [2.05, 4.69) is 12.2 Å². The van der Waals surface area contributed by atoms with Crippen LogP contribution in [0, 0.1) is 0 Å². The van der Waals surface area contributed by atoms with Crippen LogP contribution in [0.2, 0.25) is 0 Å². The summed E-state index contributed by atoms with van der Waals surface area (Å²) in [5.74, 6) is -0.378. The molecule has 2 rings (SSSR count). The molecule has 0 spiro atoms. The van der Waals surface area contributed by atoms with Crippen molar-refractivity contribution in [3.8, 4) is 0 Å². The first-order valence-corrected chi connectivity index (χ1v) is 13.2. The van der Waals surface area contributed by atoms with Crippen molar-refractivity contribution in [2.45, 2.75) is 114 Å². The summed E-state index contributed by atoms with van der Waals surface area (Å²) in [6.45, 7) is 2.94. The van der Waals surface area contributed by atoms with Crippen molar-refractivity contribution >= 4 is 5.91 Å². The number of carbonyl (C=O) groups excluding carboxylic acids is 1. The molecular weight excluding hydrogens is 492 g/mol. The molecule has 0 bridgehead atoms. The zero-order valence-electron chi connectivity index (χ0n) is 21.8. The van der Waals surface area contributed by atoms with E-state index in [9.17, 15) is 30.3 Å². The highest BCUT2D eigenvalue weighted by atomic mass is 16.7. The minimum absolute atomic E-state index is 0.0809. The lowest BCUT2D eigenvalue weighted by atomic mass is 9.95. The zero-order chi connectivity index (χ0) is 27.4. The van der Waals surface area contributed by atoms with E-state index in [4.69, 9.17) is 29.4 Å². The smallest absolute Gasteiger partial charge is 0.217 e.